The maximum Gasteiger partial charge on any atom is 0.354 e. The van der Waals surface area contributed by atoms with Gasteiger partial charge >= 0.3 is 18.0 Å². The van der Waals surface area contributed by atoms with Crippen molar-refractivity contribution in [2.45, 2.75) is 0 Å². The molecule has 0 saturated carbocycles. The molecule has 0 atom stereocenters. The number of carboxylic acids is 1. The van der Waals surface area contributed by atoms with Gasteiger partial charge in [-0.15, -0.1) is 0 Å². The highest BCUT2D eigenvalue weighted by Crippen LogP contribution is 2.05. The molecular weight excluding hydrogens is 254 g/mol. The van der Waals surface area contributed by atoms with Crippen molar-refractivity contribution in [3.8, 4) is 0 Å². The van der Waals surface area contributed by atoms with Crippen LogP contribution in [0.4, 0.5) is 15.3 Å². The summed E-state index contributed by atoms with van der Waals surface area (Å²) in [5.41, 5.74) is 5.07. The van der Waals surface area contributed by atoms with Crippen LogP contribution in [0.2, 0.25) is 0 Å². The van der Waals surface area contributed by atoms with Crippen molar-refractivity contribution in [1.82, 2.24) is 15.6 Å². The largest absolute Gasteiger partial charge is 0.477 e. The number of carbonyl (C=O) groups is 3. The fourth-order valence-corrected chi connectivity index (χ4v) is 1.13. The minimum atomic E-state index is -1.14. The molecule has 0 aliphatic rings. The molecule has 4 amide bonds. The van der Waals surface area contributed by atoms with Crippen molar-refractivity contribution in [1.29, 1.82) is 0 Å². The third-order valence-electron chi connectivity index (χ3n) is 1.95. The number of hydrogen-bond donors (Lipinski definition) is 5. The molecule has 0 aliphatic carbocycles. The molecule has 9 heteroatoms. The number of carbonyl (C=O) groups excluding carboxylic acids is 2. The Morgan fingerprint density at radius 1 is 1.21 bits per heavy atom. The zero-order valence-corrected chi connectivity index (χ0v) is 9.84. The van der Waals surface area contributed by atoms with E-state index in [-0.39, 0.29) is 18.8 Å². The van der Waals surface area contributed by atoms with Crippen LogP contribution in [0, 0.1) is 0 Å². The molecule has 1 aromatic heterocycles. The fourth-order valence-electron chi connectivity index (χ4n) is 1.13. The van der Waals surface area contributed by atoms with E-state index in [9.17, 15) is 14.4 Å². The Hall–Kier alpha value is -2.84. The summed E-state index contributed by atoms with van der Waals surface area (Å²) in [6.07, 6.45) is 1.23. The summed E-state index contributed by atoms with van der Waals surface area (Å²) in [4.78, 5) is 35.9. The monoisotopic (exact) mass is 267 g/mol. The smallest absolute Gasteiger partial charge is 0.354 e. The number of nitrogens with one attached hydrogen (secondary N) is 3. The van der Waals surface area contributed by atoms with Crippen LogP contribution in [-0.4, -0.2) is 41.2 Å². The average molecular weight is 267 g/mol. The van der Waals surface area contributed by atoms with Gasteiger partial charge in [0.2, 0.25) is 0 Å². The van der Waals surface area contributed by atoms with Gasteiger partial charge < -0.3 is 26.8 Å². The number of anilines is 1. The number of carboxylic acid groups (broad SMARTS) is 1. The summed E-state index contributed by atoms with van der Waals surface area (Å²) in [6, 6.07) is 1.51. The second-order valence-electron chi connectivity index (χ2n) is 3.41. The molecular formula is C10H13N5O4. The van der Waals surface area contributed by atoms with Gasteiger partial charge in [0.25, 0.3) is 0 Å². The standard InChI is InChI=1S/C10H13N5O4/c11-9(18)12-3-4-13-10(19)15-6-1-2-7(8(16)17)14-5-6/h1-2,5H,3-4H2,(H,16,17)(H3,11,12,18)(H2,13,15,19). The van der Waals surface area contributed by atoms with Crippen molar-refractivity contribution < 1.29 is 19.5 Å². The summed E-state index contributed by atoms with van der Waals surface area (Å²) in [6.45, 7) is 0.411. The summed E-state index contributed by atoms with van der Waals surface area (Å²) < 4.78 is 0. The van der Waals surface area contributed by atoms with Crippen molar-refractivity contribution in [2.75, 3.05) is 18.4 Å². The van der Waals surface area contributed by atoms with Gasteiger partial charge in [-0.2, -0.15) is 0 Å². The zero-order valence-electron chi connectivity index (χ0n) is 9.84. The SMILES string of the molecule is NC(=O)NCCNC(=O)Nc1ccc(C(=O)O)nc1. The molecule has 102 valence electrons. The topological polar surface area (TPSA) is 146 Å². The lowest BCUT2D eigenvalue weighted by atomic mass is 10.3. The Labute approximate surface area is 108 Å². The highest BCUT2D eigenvalue weighted by molar-refractivity contribution is 5.90. The van der Waals surface area contributed by atoms with E-state index in [1.54, 1.807) is 0 Å². The Balaban J connectivity index is 2.35. The average Bonchev–Trinajstić information content (AvgIpc) is 2.35. The number of primary amides is 1. The summed E-state index contributed by atoms with van der Waals surface area (Å²) in [5, 5.41) is 15.8. The number of nitrogens with zero attached hydrogens (tertiary/aromatic N) is 1. The predicted molar refractivity (Wildman–Crippen MR) is 65.8 cm³/mol. The first-order chi connectivity index (χ1) is 8.99. The van der Waals surface area contributed by atoms with Crippen LogP contribution >= 0.6 is 0 Å². The minimum absolute atomic E-state index is 0.114. The van der Waals surface area contributed by atoms with Crippen LogP contribution in [-0.2, 0) is 0 Å². The molecule has 0 unspecified atom stereocenters. The molecule has 0 bridgehead atoms. The number of urea groups is 2. The number of aromatic nitrogens is 1. The minimum Gasteiger partial charge on any atom is -0.477 e. The van der Waals surface area contributed by atoms with E-state index < -0.39 is 18.0 Å². The van der Waals surface area contributed by atoms with E-state index in [1.807, 2.05) is 0 Å². The maximum atomic E-state index is 11.4. The third kappa shape index (κ3) is 5.35. The van der Waals surface area contributed by atoms with Gasteiger partial charge in [0.05, 0.1) is 11.9 Å². The lowest BCUT2D eigenvalue weighted by Gasteiger charge is -2.07. The van der Waals surface area contributed by atoms with Crippen LogP contribution in [0.5, 0.6) is 0 Å². The molecule has 0 spiro atoms. The van der Waals surface area contributed by atoms with Crippen molar-refractivity contribution >= 4 is 23.7 Å². The van der Waals surface area contributed by atoms with Crippen LogP contribution in [0.25, 0.3) is 0 Å². The van der Waals surface area contributed by atoms with Crippen molar-refractivity contribution in [3.63, 3.8) is 0 Å². The molecule has 1 heterocycles. The van der Waals surface area contributed by atoms with Gasteiger partial charge in [-0.1, -0.05) is 0 Å². The van der Waals surface area contributed by atoms with Crippen LogP contribution < -0.4 is 21.7 Å². The Morgan fingerprint density at radius 3 is 2.42 bits per heavy atom. The second-order valence-corrected chi connectivity index (χ2v) is 3.41. The Morgan fingerprint density at radius 2 is 1.89 bits per heavy atom. The quantitative estimate of drug-likeness (QED) is 0.459. The lowest BCUT2D eigenvalue weighted by Crippen LogP contribution is -2.38. The molecule has 1 aromatic rings. The summed E-state index contributed by atoms with van der Waals surface area (Å²) in [5.74, 6) is -1.14. The third-order valence-corrected chi connectivity index (χ3v) is 1.95. The van der Waals surface area contributed by atoms with E-state index in [0.717, 1.165) is 0 Å². The van der Waals surface area contributed by atoms with Crippen molar-refractivity contribution in [2.24, 2.45) is 5.73 Å². The molecule has 9 nitrogen and oxygen atoms in total. The normalized spacial score (nSPS) is 9.47. The van der Waals surface area contributed by atoms with E-state index in [0.29, 0.717) is 5.69 Å². The molecule has 0 aromatic carbocycles. The van der Waals surface area contributed by atoms with E-state index in [2.05, 4.69) is 20.9 Å². The fraction of sp³-hybridized carbons (Fsp3) is 0.200. The number of hydrogen-bond acceptors (Lipinski definition) is 4. The van der Waals surface area contributed by atoms with Crippen LogP contribution in [0.3, 0.4) is 0 Å². The lowest BCUT2D eigenvalue weighted by molar-refractivity contribution is 0.0690. The van der Waals surface area contributed by atoms with Crippen LogP contribution in [0.1, 0.15) is 10.5 Å². The molecule has 0 radical (unpaired) electrons. The zero-order chi connectivity index (χ0) is 14.3. The Kier molecular flexibility index (Phi) is 5.08. The molecule has 6 N–H and O–H groups in total. The first-order valence-electron chi connectivity index (χ1n) is 5.26. The summed E-state index contributed by atoms with van der Waals surface area (Å²) >= 11 is 0. The number of aromatic carboxylic acids is 1. The number of nitrogens with two attached hydrogens (primary N) is 1. The number of rotatable bonds is 5. The predicted octanol–water partition coefficient (Wildman–Crippen LogP) is -0.430. The van der Waals surface area contributed by atoms with E-state index >= 15 is 0 Å². The van der Waals surface area contributed by atoms with Crippen LogP contribution in [0.15, 0.2) is 18.3 Å². The van der Waals surface area contributed by atoms with Gasteiger partial charge in [0.15, 0.2) is 0 Å². The van der Waals surface area contributed by atoms with Crippen molar-refractivity contribution in [3.05, 3.63) is 24.0 Å². The van der Waals surface area contributed by atoms with E-state index in [4.69, 9.17) is 10.8 Å². The summed E-state index contributed by atoms with van der Waals surface area (Å²) in [7, 11) is 0. The first kappa shape index (κ1) is 14.2. The first-order valence-corrected chi connectivity index (χ1v) is 5.26. The number of pyridine rings is 1. The molecule has 0 aliphatic heterocycles. The van der Waals surface area contributed by atoms with Gasteiger partial charge in [-0.25, -0.2) is 19.4 Å². The number of amides is 4. The van der Waals surface area contributed by atoms with E-state index in [1.165, 1.54) is 18.3 Å². The maximum absolute atomic E-state index is 11.4. The second kappa shape index (κ2) is 6.79. The highest BCUT2D eigenvalue weighted by Gasteiger charge is 2.05. The molecule has 19 heavy (non-hydrogen) atoms. The van der Waals surface area contributed by atoms with Gasteiger partial charge in [-0.3, -0.25) is 0 Å². The molecule has 1 rings (SSSR count). The highest BCUT2D eigenvalue weighted by atomic mass is 16.4. The van der Waals surface area contributed by atoms with Gasteiger partial charge in [0.1, 0.15) is 5.69 Å². The molecule has 0 fully saturated rings. The molecule has 0 saturated heterocycles. The van der Waals surface area contributed by atoms with Gasteiger partial charge in [-0.05, 0) is 12.1 Å². The Bertz CT molecular complexity index is 473. The van der Waals surface area contributed by atoms with Gasteiger partial charge in [0, 0.05) is 13.1 Å².